The predicted octanol–water partition coefficient (Wildman–Crippen LogP) is -0.278. The molecule has 3 atom stereocenters. The van der Waals surface area contributed by atoms with Crippen molar-refractivity contribution in [3.63, 3.8) is 0 Å². The Morgan fingerprint density at radius 1 is 0.846 bits per heavy atom. The molecule has 0 aromatic carbocycles. The molecule has 0 aromatic rings. The van der Waals surface area contributed by atoms with Gasteiger partial charge in [0.2, 0.25) is 11.8 Å². The van der Waals surface area contributed by atoms with Crippen LogP contribution >= 0.6 is 0 Å². The Balaban J connectivity index is 4.60. The first-order valence-electron chi connectivity index (χ1n) is 8.56. The van der Waals surface area contributed by atoms with Crippen molar-refractivity contribution in [2.75, 3.05) is 14.2 Å². The summed E-state index contributed by atoms with van der Waals surface area (Å²) in [5, 5.41) is 5.11. The third-order valence-corrected chi connectivity index (χ3v) is 3.88. The normalized spacial score (nSPS) is 14.3. The second-order valence-corrected chi connectivity index (χ2v) is 6.71. The molecule has 9 nitrogen and oxygen atoms in total. The number of methoxy groups -OCH3 is 2. The topological polar surface area (TPSA) is 137 Å². The van der Waals surface area contributed by atoms with Crippen molar-refractivity contribution in [2.24, 2.45) is 17.6 Å². The zero-order chi connectivity index (χ0) is 20.4. The van der Waals surface area contributed by atoms with Crippen molar-refractivity contribution in [3.05, 3.63) is 0 Å². The van der Waals surface area contributed by atoms with Crippen LogP contribution in [0.3, 0.4) is 0 Å². The number of carbonyl (C=O) groups is 4. The Labute approximate surface area is 154 Å². The highest BCUT2D eigenvalue weighted by Crippen LogP contribution is 2.07. The summed E-state index contributed by atoms with van der Waals surface area (Å²) >= 11 is 0. The number of nitrogens with one attached hydrogen (secondary N) is 2. The molecular formula is C17H31N3O6. The van der Waals surface area contributed by atoms with Crippen LogP contribution in [0.25, 0.3) is 0 Å². The van der Waals surface area contributed by atoms with Crippen LogP contribution in [0.15, 0.2) is 0 Å². The second-order valence-electron chi connectivity index (χ2n) is 6.71. The minimum Gasteiger partial charge on any atom is -0.467 e. The Hall–Kier alpha value is -2.16. The quantitative estimate of drug-likeness (QED) is 0.448. The van der Waals surface area contributed by atoms with Gasteiger partial charge in [0.05, 0.1) is 20.3 Å². The molecule has 0 saturated carbocycles. The predicted molar refractivity (Wildman–Crippen MR) is 94.8 cm³/mol. The van der Waals surface area contributed by atoms with Crippen LogP contribution in [0.5, 0.6) is 0 Å². The molecule has 0 aromatic heterocycles. The third kappa shape index (κ3) is 7.81. The molecule has 0 aliphatic heterocycles. The van der Waals surface area contributed by atoms with Gasteiger partial charge in [-0.25, -0.2) is 9.59 Å². The third-order valence-electron chi connectivity index (χ3n) is 3.88. The number of rotatable bonds is 10. The van der Waals surface area contributed by atoms with Crippen LogP contribution in [0.1, 0.15) is 40.5 Å². The van der Waals surface area contributed by atoms with Crippen LogP contribution < -0.4 is 16.4 Å². The lowest BCUT2D eigenvalue weighted by molar-refractivity contribution is -0.146. The monoisotopic (exact) mass is 373 g/mol. The van der Waals surface area contributed by atoms with E-state index in [0.717, 1.165) is 0 Å². The fourth-order valence-electron chi connectivity index (χ4n) is 2.17. The average Bonchev–Trinajstić information content (AvgIpc) is 2.59. The van der Waals surface area contributed by atoms with Crippen LogP contribution in [0.2, 0.25) is 0 Å². The molecule has 0 fully saturated rings. The zero-order valence-electron chi connectivity index (χ0n) is 16.3. The summed E-state index contributed by atoms with van der Waals surface area (Å²) in [6, 6.07) is -2.54. The van der Waals surface area contributed by atoms with E-state index in [1.807, 2.05) is 0 Å². The lowest BCUT2D eigenvalue weighted by Crippen LogP contribution is -2.51. The molecule has 0 aliphatic carbocycles. The summed E-state index contributed by atoms with van der Waals surface area (Å²) in [7, 11) is 2.48. The number of esters is 2. The SMILES string of the molecule is COC(=O)[C@@H](NC(=O)CCC(N)C(=O)N[C@H](C(=O)OC)C(C)C)C(C)C. The molecule has 0 saturated heterocycles. The van der Waals surface area contributed by atoms with E-state index in [9.17, 15) is 19.2 Å². The van der Waals surface area contributed by atoms with E-state index in [1.165, 1.54) is 14.2 Å². The lowest BCUT2D eigenvalue weighted by Gasteiger charge is -2.22. The molecule has 0 aliphatic rings. The van der Waals surface area contributed by atoms with Gasteiger partial charge in [-0.2, -0.15) is 0 Å². The minimum atomic E-state index is -0.970. The highest BCUT2D eigenvalue weighted by atomic mass is 16.5. The highest BCUT2D eigenvalue weighted by molar-refractivity contribution is 5.88. The minimum absolute atomic E-state index is 0.0423. The number of hydrogen-bond donors (Lipinski definition) is 3. The van der Waals surface area contributed by atoms with Gasteiger partial charge in [0.1, 0.15) is 12.1 Å². The molecule has 0 rings (SSSR count). The average molecular weight is 373 g/mol. The molecule has 2 amide bonds. The first-order chi connectivity index (χ1) is 12.0. The van der Waals surface area contributed by atoms with Gasteiger partial charge in [-0.15, -0.1) is 0 Å². The summed E-state index contributed by atoms with van der Waals surface area (Å²) in [6.07, 6.45) is 0.0228. The van der Waals surface area contributed by atoms with Crippen LogP contribution in [0.4, 0.5) is 0 Å². The first kappa shape index (κ1) is 23.8. The molecule has 26 heavy (non-hydrogen) atoms. The number of carbonyl (C=O) groups excluding carboxylic acids is 4. The molecular weight excluding hydrogens is 342 g/mol. The molecule has 0 bridgehead atoms. The standard InChI is InChI=1S/C17H31N3O6/c1-9(2)13(16(23)25-5)19-12(21)8-7-11(18)15(22)20-14(10(3)4)17(24)26-6/h9-11,13-14H,7-8,18H2,1-6H3,(H,19,21)(H,20,22)/t11?,13-,14-/m0/s1. The van der Waals surface area contributed by atoms with E-state index in [0.29, 0.717) is 0 Å². The Bertz CT molecular complexity index is 507. The molecule has 0 heterocycles. The number of ether oxygens (including phenoxy) is 2. The van der Waals surface area contributed by atoms with Crippen molar-refractivity contribution in [1.29, 1.82) is 0 Å². The van der Waals surface area contributed by atoms with Gasteiger partial charge in [0.15, 0.2) is 0 Å². The van der Waals surface area contributed by atoms with Crippen LogP contribution in [-0.4, -0.2) is 56.1 Å². The van der Waals surface area contributed by atoms with Crippen molar-refractivity contribution < 1.29 is 28.7 Å². The Morgan fingerprint density at radius 3 is 1.65 bits per heavy atom. The largest absolute Gasteiger partial charge is 0.467 e. The summed E-state index contributed by atoms with van der Waals surface area (Å²) in [4.78, 5) is 47.4. The van der Waals surface area contributed by atoms with Gasteiger partial charge in [0, 0.05) is 6.42 Å². The van der Waals surface area contributed by atoms with E-state index in [4.69, 9.17) is 5.73 Å². The van der Waals surface area contributed by atoms with Gasteiger partial charge < -0.3 is 25.8 Å². The van der Waals surface area contributed by atoms with Crippen molar-refractivity contribution >= 4 is 23.8 Å². The summed E-state index contributed by atoms with van der Waals surface area (Å²) < 4.78 is 9.30. The summed E-state index contributed by atoms with van der Waals surface area (Å²) in [6.45, 7) is 7.08. The van der Waals surface area contributed by atoms with Gasteiger partial charge in [-0.3, -0.25) is 9.59 Å². The molecule has 9 heteroatoms. The smallest absolute Gasteiger partial charge is 0.328 e. The van der Waals surface area contributed by atoms with E-state index >= 15 is 0 Å². The van der Waals surface area contributed by atoms with E-state index in [1.54, 1.807) is 27.7 Å². The summed E-state index contributed by atoms with van der Waals surface area (Å²) in [5.41, 5.74) is 5.80. The van der Waals surface area contributed by atoms with Gasteiger partial charge >= 0.3 is 11.9 Å². The van der Waals surface area contributed by atoms with Crippen LogP contribution in [0, 0.1) is 11.8 Å². The number of nitrogens with two attached hydrogens (primary N) is 1. The van der Waals surface area contributed by atoms with Crippen LogP contribution in [-0.2, 0) is 28.7 Å². The zero-order valence-corrected chi connectivity index (χ0v) is 16.3. The highest BCUT2D eigenvalue weighted by Gasteiger charge is 2.28. The molecule has 0 radical (unpaired) electrons. The molecule has 1 unspecified atom stereocenters. The van der Waals surface area contributed by atoms with Crippen molar-refractivity contribution in [3.8, 4) is 0 Å². The second kappa shape index (κ2) is 11.5. The Morgan fingerprint density at radius 2 is 1.27 bits per heavy atom. The van der Waals surface area contributed by atoms with E-state index < -0.39 is 41.9 Å². The van der Waals surface area contributed by atoms with Crippen molar-refractivity contribution in [1.82, 2.24) is 10.6 Å². The summed E-state index contributed by atoms with van der Waals surface area (Å²) in [5.74, 6) is -2.37. The lowest BCUT2D eigenvalue weighted by atomic mass is 10.0. The molecule has 4 N–H and O–H groups in total. The maximum atomic E-state index is 12.1. The fourth-order valence-corrected chi connectivity index (χ4v) is 2.17. The number of amides is 2. The maximum absolute atomic E-state index is 12.1. The van der Waals surface area contributed by atoms with Gasteiger partial charge in [-0.1, -0.05) is 27.7 Å². The Kier molecular flexibility index (Phi) is 10.5. The number of hydrogen-bond acceptors (Lipinski definition) is 7. The molecule has 0 spiro atoms. The van der Waals surface area contributed by atoms with Gasteiger partial charge in [-0.05, 0) is 18.3 Å². The van der Waals surface area contributed by atoms with E-state index in [-0.39, 0.29) is 24.7 Å². The fraction of sp³-hybridized carbons (Fsp3) is 0.765. The van der Waals surface area contributed by atoms with Gasteiger partial charge in [0.25, 0.3) is 0 Å². The van der Waals surface area contributed by atoms with E-state index in [2.05, 4.69) is 20.1 Å². The first-order valence-corrected chi connectivity index (χ1v) is 8.56. The maximum Gasteiger partial charge on any atom is 0.328 e. The molecule has 150 valence electrons. The van der Waals surface area contributed by atoms with Crippen molar-refractivity contribution in [2.45, 2.75) is 58.7 Å².